The maximum atomic E-state index is 10.4. The molecule has 4 heteroatoms. The Morgan fingerprint density at radius 1 is 1.50 bits per heavy atom. The number of carbonyl (C=O) groups is 1. The van der Waals surface area contributed by atoms with Gasteiger partial charge in [0.1, 0.15) is 0 Å². The first kappa shape index (κ1) is 11.5. The summed E-state index contributed by atoms with van der Waals surface area (Å²) < 4.78 is 1.13. The molecule has 0 heterocycles. The summed E-state index contributed by atoms with van der Waals surface area (Å²) in [4.78, 5) is 10.4. The minimum Gasteiger partial charge on any atom is -0.481 e. The molecule has 1 aromatic rings. The molecule has 1 rings (SSSR count). The molecule has 0 unspecified atom stereocenters. The number of halogens is 1. The molecule has 0 saturated heterocycles. The number of rotatable bonds is 4. The number of carboxylic acids is 1. The van der Waals surface area contributed by atoms with Crippen LogP contribution in [-0.4, -0.2) is 17.1 Å². The third-order valence-corrected chi connectivity index (χ3v) is 2.93. The average molecular weight is 305 g/mol. The molecule has 14 heavy (non-hydrogen) atoms. The Labute approximate surface area is 96.4 Å². The van der Waals surface area contributed by atoms with Crippen LogP contribution in [0.5, 0.6) is 0 Å². The first-order valence-corrected chi connectivity index (χ1v) is 5.38. The molecule has 3 nitrogen and oxygen atoms in total. The summed E-state index contributed by atoms with van der Waals surface area (Å²) in [6, 6.07) is 7.55. The van der Waals surface area contributed by atoms with Gasteiger partial charge in [0.05, 0.1) is 6.42 Å². The predicted octanol–water partition coefficient (Wildman–Crippen LogP) is 1.64. The maximum absolute atomic E-state index is 10.4. The number of benzene rings is 1. The first-order valence-electron chi connectivity index (χ1n) is 4.30. The lowest BCUT2D eigenvalue weighted by atomic mass is 10.0. The lowest BCUT2D eigenvalue weighted by Gasteiger charge is -2.09. The number of carboxylic acid groups (broad SMARTS) is 1. The van der Waals surface area contributed by atoms with Crippen LogP contribution in [0.2, 0.25) is 0 Å². The van der Waals surface area contributed by atoms with Crippen LogP contribution in [0, 0.1) is 3.57 Å². The molecule has 0 radical (unpaired) electrons. The van der Waals surface area contributed by atoms with E-state index in [-0.39, 0.29) is 12.5 Å². The van der Waals surface area contributed by atoms with Crippen molar-refractivity contribution >= 4 is 28.6 Å². The van der Waals surface area contributed by atoms with Crippen molar-refractivity contribution in [1.82, 2.24) is 0 Å². The van der Waals surface area contributed by atoms with E-state index in [2.05, 4.69) is 22.6 Å². The fraction of sp³-hybridized carbons (Fsp3) is 0.300. The van der Waals surface area contributed by atoms with Crippen LogP contribution >= 0.6 is 22.6 Å². The van der Waals surface area contributed by atoms with E-state index in [1.807, 2.05) is 24.3 Å². The van der Waals surface area contributed by atoms with Gasteiger partial charge in [0.2, 0.25) is 0 Å². The van der Waals surface area contributed by atoms with Crippen LogP contribution < -0.4 is 5.73 Å². The summed E-state index contributed by atoms with van der Waals surface area (Å²) in [6.45, 7) is 0. The van der Waals surface area contributed by atoms with Crippen LogP contribution in [0.4, 0.5) is 0 Å². The van der Waals surface area contributed by atoms with Gasteiger partial charge in [0.15, 0.2) is 0 Å². The Morgan fingerprint density at radius 2 is 2.14 bits per heavy atom. The highest BCUT2D eigenvalue weighted by Crippen LogP contribution is 2.13. The highest BCUT2D eigenvalue weighted by Gasteiger charge is 2.10. The number of hydrogen-bond donors (Lipinski definition) is 2. The molecule has 0 fully saturated rings. The first-order chi connectivity index (χ1) is 6.59. The summed E-state index contributed by atoms with van der Waals surface area (Å²) in [7, 11) is 0. The molecule has 0 aliphatic carbocycles. The molecule has 0 saturated carbocycles. The van der Waals surface area contributed by atoms with Crippen LogP contribution in [-0.2, 0) is 11.2 Å². The summed E-state index contributed by atoms with van der Waals surface area (Å²) in [6.07, 6.45) is 0.635. The molecule has 0 amide bonds. The van der Waals surface area contributed by atoms with Crippen LogP contribution in [0.1, 0.15) is 12.0 Å². The zero-order valence-corrected chi connectivity index (χ0v) is 9.77. The van der Waals surface area contributed by atoms with Crippen molar-refractivity contribution in [2.24, 2.45) is 5.73 Å². The van der Waals surface area contributed by atoms with Crippen molar-refractivity contribution in [2.75, 3.05) is 0 Å². The van der Waals surface area contributed by atoms with E-state index >= 15 is 0 Å². The van der Waals surface area contributed by atoms with Crippen molar-refractivity contribution in [3.63, 3.8) is 0 Å². The van der Waals surface area contributed by atoms with Gasteiger partial charge < -0.3 is 10.8 Å². The minimum atomic E-state index is -0.844. The standard InChI is InChI=1S/C10H12INO2/c11-9-4-2-1-3-7(9)5-8(12)6-10(13)14/h1-4,8H,5-6,12H2,(H,13,14)/t8-/m1/s1. The molecule has 1 atom stereocenters. The Balaban J connectivity index is 2.60. The highest BCUT2D eigenvalue weighted by atomic mass is 127. The lowest BCUT2D eigenvalue weighted by molar-refractivity contribution is -0.137. The van der Waals surface area contributed by atoms with E-state index in [0.29, 0.717) is 6.42 Å². The van der Waals surface area contributed by atoms with E-state index in [1.54, 1.807) is 0 Å². The zero-order chi connectivity index (χ0) is 10.6. The lowest BCUT2D eigenvalue weighted by Crippen LogP contribution is -2.26. The molecular weight excluding hydrogens is 293 g/mol. The molecule has 76 valence electrons. The third kappa shape index (κ3) is 3.63. The smallest absolute Gasteiger partial charge is 0.304 e. The van der Waals surface area contributed by atoms with Gasteiger partial charge in [-0.05, 0) is 40.6 Å². The molecule has 0 aliphatic heterocycles. The second-order valence-electron chi connectivity index (χ2n) is 3.15. The molecular formula is C10H12INO2. The van der Waals surface area contributed by atoms with Gasteiger partial charge in [0, 0.05) is 9.61 Å². The fourth-order valence-electron chi connectivity index (χ4n) is 1.24. The van der Waals surface area contributed by atoms with Crippen molar-refractivity contribution in [2.45, 2.75) is 18.9 Å². The molecule has 0 aromatic heterocycles. The van der Waals surface area contributed by atoms with Gasteiger partial charge in [0.25, 0.3) is 0 Å². The topological polar surface area (TPSA) is 63.3 Å². The van der Waals surface area contributed by atoms with Gasteiger partial charge in [-0.25, -0.2) is 0 Å². The van der Waals surface area contributed by atoms with E-state index in [1.165, 1.54) is 0 Å². The van der Waals surface area contributed by atoms with Gasteiger partial charge in [-0.2, -0.15) is 0 Å². The van der Waals surface area contributed by atoms with Gasteiger partial charge in [-0.1, -0.05) is 18.2 Å². The van der Waals surface area contributed by atoms with Gasteiger partial charge in [-0.3, -0.25) is 4.79 Å². The normalized spacial score (nSPS) is 12.4. The zero-order valence-electron chi connectivity index (χ0n) is 7.61. The number of hydrogen-bond acceptors (Lipinski definition) is 2. The fourth-order valence-corrected chi connectivity index (χ4v) is 1.85. The van der Waals surface area contributed by atoms with Crippen molar-refractivity contribution < 1.29 is 9.90 Å². The number of aliphatic carboxylic acids is 1. The van der Waals surface area contributed by atoms with E-state index < -0.39 is 5.97 Å². The summed E-state index contributed by atoms with van der Waals surface area (Å²) in [5, 5.41) is 8.55. The van der Waals surface area contributed by atoms with E-state index in [0.717, 1.165) is 9.13 Å². The second kappa shape index (κ2) is 5.31. The Kier molecular flexibility index (Phi) is 4.34. The van der Waals surface area contributed by atoms with Gasteiger partial charge in [-0.15, -0.1) is 0 Å². The largest absolute Gasteiger partial charge is 0.481 e. The van der Waals surface area contributed by atoms with Crippen molar-refractivity contribution in [1.29, 1.82) is 0 Å². The average Bonchev–Trinajstić information content (AvgIpc) is 2.07. The van der Waals surface area contributed by atoms with Gasteiger partial charge >= 0.3 is 5.97 Å². The molecule has 0 bridgehead atoms. The molecule has 1 aromatic carbocycles. The minimum absolute atomic E-state index is 0.0188. The van der Waals surface area contributed by atoms with Crippen LogP contribution in [0.3, 0.4) is 0 Å². The Morgan fingerprint density at radius 3 is 2.71 bits per heavy atom. The van der Waals surface area contributed by atoms with Crippen LogP contribution in [0.25, 0.3) is 0 Å². The molecule has 0 aliphatic rings. The predicted molar refractivity (Wildman–Crippen MR) is 63.1 cm³/mol. The highest BCUT2D eigenvalue weighted by molar-refractivity contribution is 14.1. The molecule has 3 N–H and O–H groups in total. The molecule has 0 spiro atoms. The Bertz CT molecular complexity index is 328. The summed E-state index contributed by atoms with van der Waals surface area (Å²) >= 11 is 2.22. The van der Waals surface area contributed by atoms with Crippen molar-refractivity contribution in [3.8, 4) is 0 Å². The SMILES string of the molecule is N[C@@H](CC(=O)O)Cc1ccccc1I. The summed E-state index contributed by atoms with van der Waals surface area (Å²) in [5.74, 6) is -0.844. The quantitative estimate of drug-likeness (QED) is 0.831. The second-order valence-corrected chi connectivity index (χ2v) is 4.32. The van der Waals surface area contributed by atoms with Crippen LogP contribution in [0.15, 0.2) is 24.3 Å². The van der Waals surface area contributed by atoms with E-state index in [4.69, 9.17) is 10.8 Å². The third-order valence-electron chi connectivity index (χ3n) is 1.88. The summed E-state index contributed by atoms with van der Waals surface area (Å²) in [5.41, 5.74) is 6.80. The van der Waals surface area contributed by atoms with E-state index in [9.17, 15) is 4.79 Å². The number of nitrogens with two attached hydrogens (primary N) is 1. The maximum Gasteiger partial charge on any atom is 0.304 e. The van der Waals surface area contributed by atoms with Crippen molar-refractivity contribution in [3.05, 3.63) is 33.4 Å². The Hall–Kier alpha value is -0.620. The monoisotopic (exact) mass is 305 g/mol.